The van der Waals surface area contributed by atoms with Crippen molar-refractivity contribution >= 4 is 17.3 Å². The third-order valence-electron chi connectivity index (χ3n) is 2.74. The van der Waals surface area contributed by atoms with Crippen LogP contribution in [0.3, 0.4) is 0 Å². The van der Waals surface area contributed by atoms with Crippen molar-refractivity contribution in [1.29, 1.82) is 0 Å². The molecule has 0 spiro atoms. The molecule has 2 aromatic rings. The van der Waals surface area contributed by atoms with Crippen molar-refractivity contribution in [2.75, 3.05) is 25.1 Å². The van der Waals surface area contributed by atoms with Gasteiger partial charge in [0, 0.05) is 37.6 Å². The zero-order chi connectivity index (χ0) is 13.8. The highest BCUT2D eigenvalue weighted by atomic mass is 16.3. The molecule has 3 N–H and O–H groups in total. The Labute approximate surface area is 112 Å². The Morgan fingerprint density at radius 2 is 2.16 bits per heavy atom. The largest absolute Gasteiger partial charge is 0.472 e. The number of nitrogens with two attached hydrogens (primary N) is 1. The van der Waals surface area contributed by atoms with Gasteiger partial charge in [-0.25, -0.2) is 0 Å². The first-order chi connectivity index (χ1) is 9.08. The van der Waals surface area contributed by atoms with Crippen molar-refractivity contribution in [1.82, 2.24) is 4.90 Å². The van der Waals surface area contributed by atoms with Gasteiger partial charge in [-0.2, -0.15) is 0 Å². The van der Waals surface area contributed by atoms with Crippen molar-refractivity contribution in [2.45, 2.75) is 6.54 Å². The van der Waals surface area contributed by atoms with Crippen LogP contribution < -0.4 is 11.1 Å². The van der Waals surface area contributed by atoms with Gasteiger partial charge in [0.25, 0.3) is 5.91 Å². The molecule has 1 aromatic heterocycles. The summed E-state index contributed by atoms with van der Waals surface area (Å²) in [6.45, 7) is 0.577. The minimum Gasteiger partial charge on any atom is -0.472 e. The maximum atomic E-state index is 12.1. The Morgan fingerprint density at radius 3 is 2.79 bits per heavy atom. The van der Waals surface area contributed by atoms with Crippen LogP contribution in [0.1, 0.15) is 15.9 Å². The molecule has 2 rings (SSSR count). The molecule has 0 aliphatic rings. The fraction of sp³-hybridized carbons (Fsp3) is 0.214. The standard InChI is InChI=1S/C14H17N3O2/c1-17(2)14(18)12-4-3-11(15)7-13(12)16-8-10-5-6-19-9-10/h3-7,9,16H,8,15H2,1-2H3. The molecule has 0 unspecified atom stereocenters. The Morgan fingerprint density at radius 1 is 1.37 bits per heavy atom. The quantitative estimate of drug-likeness (QED) is 0.825. The van der Waals surface area contributed by atoms with E-state index in [1.807, 2.05) is 6.07 Å². The highest BCUT2D eigenvalue weighted by Crippen LogP contribution is 2.21. The van der Waals surface area contributed by atoms with E-state index < -0.39 is 0 Å². The van der Waals surface area contributed by atoms with Gasteiger partial charge < -0.3 is 20.4 Å². The first kappa shape index (κ1) is 13.0. The number of rotatable bonds is 4. The molecule has 0 radical (unpaired) electrons. The number of nitrogens with zero attached hydrogens (tertiary/aromatic N) is 1. The summed E-state index contributed by atoms with van der Waals surface area (Å²) in [7, 11) is 3.44. The average molecular weight is 259 g/mol. The molecule has 1 amide bonds. The molecule has 5 heteroatoms. The van der Waals surface area contributed by atoms with Crippen LogP contribution in [0.15, 0.2) is 41.2 Å². The highest BCUT2D eigenvalue weighted by molar-refractivity contribution is 5.99. The molecule has 0 fully saturated rings. The van der Waals surface area contributed by atoms with E-state index >= 15 is 0 Å². The molecule has 19 heavy (non-hydrogen) atoms. The van der Waals surface area contributed by atoms with Crippen molar-refractivity contribution in [3.8, 4) is 0 Å². The Balaban J connectivity index is 2.22. The number of benzene rings is 1. The summed E-state index contributed by atoms with van der Waals surface area (Å²) in [5.41, 5.74) is 8.71. The summed E-state index contributed by atoms with van der Waals surface area (Å²) in [4.78, 5) is 13.6. The van der Waals surface area contributed by atoms with E-state index in [1.54, 1.807) is 44.8 Å². The summed E-state index contributed by atoms with van der Waals surface area (Å²) in [6, 6.07) is 7.08. The molecule has 1 aromatic carbocycles. The van der Waals surface area contributed by atoms with E-state index in [1.165, 1.54) is 4.90 Å². The van der Waals surface area contributed by atoms with E-state index in [9.17, 15) is 4.79 Å². The fourth-order valence-corrected chi connectivity index (χ4v) is 1.73. The molecule has 0 bridgehead atoms. The first-order valence-corrected chi connectivity index (χ1v) is 5.94. The number of carbonyl (C=O) groups excluding carboxylic acids is 1. The van der Waals surface area contributed by atoms with Gasteiger partial charge in [-0.3, -0.25) is 4.79 Å². The predicted octanol–water partition coefficient (Wildman–Crippen LogP) is 2.18. The lowest BCUT2D eigenvalue weighted by Crippen LogP contribution is -2.23. The van der Waals surface area contributed by atoms with Gasteiger partial charge in [0.15, 0.2) is 0 Å². The molecule has 100 valence electrons. The third kappa shape index (κ3) is 3.07. The number of furan rings is 1. The molecular formula is C14H17N3O2. The van der Waals surface area contributed by atoms with Gasteiger partial charge in [0.1, 0.15) is 0 Å². The normalized spacial score (nSPS) is 10.2. The second kappa shape index (κ2) is 5.48. The summed E-state index contributed by atoms with van der Waals surface area (Å²) < 4.78 is 5.00. The lowest BCUT2D eigenvalue weighted by atomic mass is 10.1. The number of amides is 1. The van der Waals surface area contributed by atoms with E-state index in [4.69, 9.17) is 10.2 Å². The van der Waals surface area contributed by atoms with Gasteiger partial charge in [0.2, 0.25) is 0 Å². The molecule has 5 nitrogen and oxygen atoms in total. The number of nitrogens with one attached hydrogen (secondary N) is 1. The Bertz CT molecular complexity index is 562. The van der Waals surface area contributed by atoms with Crippen molar-refractivity contribution < 1.29 is 9.21 Å². The van der Waals surface area contributed by atoms with Crippen LogP contribution in [0, 0.1) is 0 Å². The fourth-order valence-electron chi connectivity index (χ4n) is 1.73. The van der Waals surface area contributed by atoms with Crippen LogP contribution in [-0.2, 0) is 6.54 Å². The van der Waals surface area contributed by atoms with Gasteiger partial charge >= 0.3 is 0 Å². The average Bonchev–Trinajstić information content (AvgIpc) is 2.88. The van der Waals surface area contributed by atoms with Crippen LogP contribution in [0.4, 0.5) is 11.4 Å². The smallest absolute Gasteiger partial charge is 0.255 e. The molecule has 0 saturated carbocycles. The summed E-state index contributed by atoms with van der Waals surface area (Å²) >= 11 is 0. The lowest BCUT2D eigenvalue weighted by molar-refractivity contribution is 0.0828. The molecular weight excluding hydrogens is 242 g/mol. The minimum atomic E-state index is -0.0605. The van der Waals surface area contributed by atoms with Crippen LogP contribution >= 0.6 is 0 Å². The van der Waals surface area contributed by atoms with Gasteiger partial charge in [0.05, 0.1) is 18.1 Å². The molecule has 0 aliphatic carbocycles. The van der Waals surface area contributed by atoms with Crippen molar-refractivity contribution in [3.63, 3.8) is 0 Å². The number of carbonyl (C=O) groups is 1. The monoisotopic (exact) mass is 259 g/mol. The molecule has 1 heterocycles. The topological polar surface area (TPSA) is 71.5 Å². The Hall–Kier alpha value is -2.43. The maximum Gasteiger partial charge on any atom is 0.255 e. The van der Waals surface area contributed by atoms with Crippen LogP contribution in [0.2, 0.25) is 0 Å². The lowest BCUT2D eigenvalue weighted by Gasteiger charge is -2.15. The zero-order valence-corrected chi connectivity index (χ0v) is 11.0. The molecule has 0 aliphatic heterocycles. The van der Waals surface area contributed by atoms with Crippen LogP contribution in [0.5, 0.6) is 0 Å². The minimum absolute atomic E-state index is 0.0605. The zero-order valence-electron chi connectivity index (χ0n) is 11.0. The van der Waals surface area contributed by atoms with Crippen LogP contribution in [0.25, 0.3) is 0 Å². The summed E-state index contributed by atoms with van der Waals surface area (Å²) in [6.07, 6.45) is 3.27. The first-order valence-electron chi connectivity index (χ1n) is 5.94. The SMILES string of the molecule is CN(C)C(=O)c1ccc(N)cc1NCc1ccoc1. The van der Waals surface area contributed by atoms with Gasteiger partial charge in [-0.15, -0.1) is 0 Å². The van der Waals surface area contributed by atoms with E-state index in [-0.39, 0.29) is 5.91 Å². The summed E-state index contributed by atoms with van der Waals surface area (Å²) in [5.74, 6) is -0.0605. The van der Waals surface area contributed by atoms with Gasteiger partial charge in [-0.1, -0.05) is 0 Å². The third-order valence-corrected chi connectivity index (χ3v) is 2.74. The number of hydrogen-bond acceptors (Lipinski definition) is 4. The second-order valence-electron chi connectivity index (χ2n) is 4.49. The number of anilines is 2. The maximum absolute atomic E-state index is 12.1. The molecule has 0 saturated heterocycles. The van der Waals surface area contributed by atoms with E-state index in [2.05, 4.69) is 5.32 Å². The number of nitrogen functional groups attached to an aromatic ring is 1. The highest BCUT2D eigenvalue weighted by Gasteiger charge is 2.13. The van der Waals surface area contributed by atoms with Crippen molar-refractivity contribution in [2.24, 2.45) is 0 Å². The second-order valence-corrected chi connectivity index (χ2v) is 4.49. The summed E-state index contributed by atoms with van der Waals surface area (Å²) in [5, 5.41) is 3.20. The van der Waals surface area contributed by atoms with Crippen molar-refractivity contribution in [3.05, 3.63) is 47.9 Å². The number of hydrogen-bond donors (Lipinski definition) is 2. The van der Waals surface area contributed by atoms with Crippen LogP contribution in [-0.4, -0.2) is 24.9 Å². The Kier molecular flexibility index (Phi) is 3.75. The predicted molar refractivity (Wildman–Crippen MR) is 74.9 cm³/mol. The van der Waals surface area contributed by atoms with Gasteiger partial charge in [-0.05, 0) is 24.3 Å². The molecule has 0 atom stereocenters. The van der Waals surface area contributed by atoms with E-state index in [0.717, 1.165) is 11.3 Å². The van der Waals surface area contributed by atoms with E-state index in [0.29, 0.717) is 17.8 Å².